The molecule has 1 heterocycles. The van der Waals surface area contributed by atoms with Gasteiger partial charge in [-0.15, -0.1) is 0 Å². The highest BCUT2D eigenvalue weighted by Crippen LogP contribution is 2.20. The molecule has 0 bridgehead atoms. The van der Waals surface area contributed by atoms with E-state index in [1.807, 2.05) is 0 Å². The number of hydrogen-bond donors (Lipinski definition) is 2. The van der Waals surface area contributed by atoms with Gasteiger partial charge in [0.1, 0.15) is 12.2 Å². The number of anilines is 1. The molecule has 0 saturated heterocycles. The highest BCUT2D eigenvalue weighted by molar-refractivity contribution is 6.31. The number of carboxylic acids is 1. The second-order valence-corrected chi connectivity index (χ2v) is 4.17. The van der Waals surface area contributed by atoms with Crippen molar-refractivity contribution < 1.29 is 14.7 Å². The van der Waals surface area contributed by atoms with E-state index in [1.54, 1.807) is 18.2 Å². The smallest absolute Gasteiger partial charge is 0.323 e. The van der Waals surface area contributed by atoms with Crippen LogP contribution in [0.3, 0.4) is 0 Å². The number of aliphatic carboxylic acids is 1. The maximum atomic E-state index is 12.2. The highest BCUT2D eigenvalue weighted by Gasteiger charge is 2.21. The van der Waals surface area contributed by atoms with E-state index in [2.05, 4.69) is 9.97 Å². The van der Waals surface area contributed by atoms with Crippen LogP contribution in [-0.4, -0.2) is 33.5 Å². The fourth-order valence-corrected chi connectivity index (χ4v) is 1.76. The zero-order chi connectivity index (χ0) is 13.8. The number of carbonyl (C=O) groups is 2. The topological polar surface area (TPSA) is 86.3 Å². The van der Waals surface area contributed by atoms with Gasteiger partial charge in [-0.2, -0.15) is 0 Å². The molecule has 0 fully saturated rings. The summed E-state index contributed by atoms with van der Waals surface area (Å²) < 4.78 is 0. The zero-order valence-electron chi connectivity index (χ0n) is 9.71. The summed E-state index contributed by atoms with van der Waals surface area (Å²) in [5.74, 6) is -1.60. The zero-order valence-corrected chi connectivity index (χ0v) is 10.5. The molecule has 0 unspecified atom stereocenters. The van der Waals surface area contributed by atoms with Gasteiger partial charge in [0.15, 0.2) is 0 Å². The SMILES string of the molecule is O=C(O)CN(C(=O)c1cnc[nH]1)c1cccc(Cl)c1. The molecule has 0 atom stereocenters. The van der Waals surface area contributed by atoms with Gasteiger partial charge in [0.05, 0.1) is 12.5 Å². The predicted molar refractivity (Wildman–Crippen MR) is 69.4 cm³/mol. The number of rotatable bonds is 4. The molecular formula is C12H10ClN3O3. The summed E-state index contributed by atoms with van der Waals surface area (Å²) in [5, 5.41) is 9.33. The molecule has 2 N–H and O–H groups in total. The molecule has 2 rings (SSSR count). The van der Waals surface area contributed by atoms with Crippen molar-refractivity contribution in [2.45, 2.75) is 0 Å². The number of halogens is 1. The number of carbonyl (C=O) groups excluding carboxylic acids is 1. The molecule has 0 aliphatic carbocycles. The Morgan fingerprint density at radius 3 is 2.79 bits per heavy atom. The molecule has 0 aliphatic rings. The highest BCUT2D eigenvalue weighted by atomic mass is 35.5. The van der Waals surface area contributed by atoms with Gasteiger partial charge in [-0.1, -0.05) is 17.7 Å². The summed E-state index contributed by atoms with van der Waals surface area (Å²) in [7, 11) is 0. The molecule has 19 heavy (non-hydrogen) atoms. The normalized spacial score (nSPS) is 10.2. The Bertz CT molecular complexity index is 598. The molecule has 1 aromatic carbocycles. The molecule has 6 nitrogen and oxygen atoms in total. The van der Waals surface area contributed by atoms with Crippen molar-refractivity contribution in [3.63, 3.8) is 0 Å². The number of aromatic amines is 1. The number of benzene rings is 1. The number of imidazole rings is 1. The molecule has 0 radical (unpaired) electrons. The van der Waals surface area contributed by atoms with Crippen LogP contribution in [0.1, 0.15) is 10.5 Å². The van der Waals surface area contributed by atoms with Crippen molar-refractivity contribution >= 4 is 29.2 Å². The first kappa shape index (κ1) is 13.1. The third-order valence-corrected chi connectivity index (χ3v) is 2.62. The average molecular weight is 280 g/mol. The van der Waals surface area contributed by atoms with E-state index in [-0.39, 0.29) is 5.69 Å². The van der Waals surface area contributed by atoms with Crippen LogP contribution < -0.4 is 4.90 Å². The quantitative estimate of drug-likeness (QED) is 0.893. The first-order valence-electron chi connectivity index (χ1n) is 5.35. The summed E-state index contributed by atoms with van der Waals surface area (Å²) in [6.45, 7) is -0.460. The molecule has 0 aliphatic heterocycles. The first-order chi connectivity index (χ1) is 9.08. The molecule has 1 amide bonds. The van der Waals surface area contributed by atoms with E-state index in [9.17, 15) is 9.59 Å². The van der Waals surface area contributed by atoms with Gasteiger partial charge >= 0.3 is 5.97 Å². The number of amides is 1. The fourth-order valence-electron chi connectivity index (χ4n) is 1.58. The Labute approximate surface area is 113 Å². The van der Waals surface area contributed by atoms with Crippen molar-refractivity contribution in [3.05, 3.63) is 47.5 Å². The molecule has 2 aromatic rings. The third-order valence-electron chi connectivity index (χ3n) is 2.39. The largest absolute Gasteiger partial charge is 0.480 e. The maximum absolute atomic E-state index is 12.2. The van der Waals surface area contributed by atoms with Gasteiger partial charge in [0, 0.05) is 10.7 Å². The Kier molecular flexibility index (Phi) is 3.82. The van der Waals surface area contributed by atoms with Crippen molar-refractivity contribution in [1.29, 1.82) is 0 Å². The van der Waals surface area contributed by atoms with Crippen LogP contribution in [0.25, 0.3) is 0 Å². The van der Waals surface area contributed by atoms with Gasteiger partial charge < -0.3 is 10.1 Å². The molecule has 7 heteroatoms. The Morgan fingerprint density at radius 1 is 1.42 bits per heavy atom. The first-order valence-corrected chi connectivity index (χ1v) is 5.73. The van der Waals surface area contributed by atoms with E-state index in [1.165, 1.54) is 18.6 Å². The lowest BCUT2D eigenvalue weighted by atomic mass is 10.2. The molecule has 0 saturated carbocycles. The Morgan fingerprint density at radius 2 is 2.21 bits per heavy atom. The lowest BCUT2D eigenvalue weighted by molar-refractivity contribution is -0.135. The minimum Gasteiger partial charge on any atom is -0.480 e. The minimum absolute atomic E-state index is 0.209. The van der Waals surface area contributed by atoms with E-state index >= 15 is 0 Å². The molecule has 98 valence electrons. The van der Waals surface area contributed by atoms with Gasteiger partial charge in [-0.25, -0.2) is 4.98 Å². The van der Waals surface area contributed by atoms with Crippen LogP contribution in [0.15, 0.2) is 36.8 Å². The average Bonchev–Trinajstić information content (AvgIpc) is 2.88. The number of aromatic nitrogens is 2. The third kappa shape index (κ3) is 3.11. The summed E-state index contributed by atoms with van der Waals surface area (Å²) in [5.41, 5.74) is 0.621. The van der Waals surface area contributed by atoms with E-state index in [4.69, 9.17) is 16.7 Å². The second kappa shape index (κ2) is 5.53. The number of nitrogens with zero attached hydrogens (tertiary/aromatic N) is 2. The Hall–Kier alpha value is -2.34. The monoisotopic (exact) mass is 279 g/mol. The molecule has 0 spiro atoms. The number of H-pyrrole nitrogens is 1. The van der Waals surface area contributed by atoms with Crippen molar-refractivity contribution in [1.82, 2.24) is 9.97 Å². The van der Waals surface area contributed by atoms with Gasteiger partial charge in [0.25, 0.3) is 5.91 Å². The van der Waals surface area contributed by atoms with Gasteiger partial charge in [-0.05, 0) is 18.2 Å². The lowest BCUT2D eigenvalue weighted by Gasteiger charge is -2.20. The number of hydrogen-bond acceptors (Lipinski definition) is 3. The fraction of sp³-hybridized carbons (Fsp3) is 0.0833. The summed E-state index contributed by atoms with van der Waals surface area (Å²) >= 11 is 5.85. The summed E-state index contributed by atoms with van der Waals surface area (Å²) in [6.07, 6.45) is 2.69. The second-order valence-electron chi connectivity index (χ2n) is 3.73. The van der Waals surface area contributed by atoms with Crippen LogP contribution in [0, 0.1) is 0 Å². The lowest BCUT2D eigenvalue weighted by Crippen LogP contribution is -2.35. The van der Waals surface area contributed by atoms with Crippen LogP contribution in [0.4, 0.5) is 5.69 Å². The minimum atomic E-state index is -1.12. The van der Waals surface area contributed by atoms with Crippen LogP contribution >= 0.6 is 11.6 Å². The van der Waals surface area contributed by atoms with E-state index < -0.39 is 18.4 Å². The summed E-state index contributed by atoms with van der Waals surface area (Å²) in [4.78, 5) is 30.6. The van der Waals surface area contributed by atoms with Crippen LogP contribution in [0.5, 0.6) is 0 Å². The number of carboxylic acid groups (broad SMARTS) is 1. The predicted octanol–water partition coefficient (Wildman–Crippen LogP) is 1.79. The van der Waals surface area contributed by atoms with Gasteiger partial charge in [0.2, 0.25) is 0 Å². The van der Waals surface area contributed by atoms with E-state index in [0.29, 0.717) is 10.7 Å². The van der Waals surface area contributed by atoms with Crippen molar-refractivity contribution in [2.24, 2.45) is 0 Å². The summed E-state index contributed by atoms with van der Waals surface area (Å²) in [6, 6.07) is 6.43. The van der Waals surface area contributed by atoms with Gasteiger partial charge in [-0.3, -0.25) is 14.5 Å². The standard InChI is InChI=1S/C12H10ClN3O3/c13-8-2-1-3-9(4-8)16(6-11(17)18)12(19)10-5-14-7-15-10/h1-5,7H,6H2,(H,14,15)(H,17,18). The number of nitrogens with one attached hydrogen (secondary N) is 1. The maximum Gasteiger partial charge on any atom is 0.323 e. The Balaban J connectivity index is 2.36. The molecular weight excluding hydrogens is 270 g/mol. The van der Waals surface area contributed by atoms with Crippen LogP contribution in [-0.2, 0) is 4.79 Å². The molecule has 1 aromatic heterocycles. The van der Waals surface area contributed by atoms with Crippen molar-refractivity contribution in [3.8, 4) is 0 Å². The van der Waals surface area contributed by atoms with Crippen LogP contribution in [0.2, 0.25) is 5.02 Å². The van der Waals surface area contributed by atoms with Crippen molar-refractivity contribution in [2.75, 3.05) is 11.4 Å². The van der Waals surface area contributed by atoms with E-state index in [0.717, 1.165) is 4.90 Å².